The largest absolute Gasteiger partial charge is 0.341 e. The molecule has 0 spiro atoms. The van der Waals surface area contributed by atoms with Gasteiger partial charge in [0.2, 0.25) is 5.91 Å². The molecule has 2 fully saturated rings. The van der Waals surface area contributed by atoms with Gasteiger partial charge in [0.1, 0.15) is 6.04 Å². The number of hydrogen-bond donors (Lipinski definition) is 1. The molecule has 0 aromatic carbocycles. The summed E-state index contributed by atoms with van der Waals surface area (Å²) < 4.78 is 0. The average Bonchev–Trinajstić information content (AvgIpc) is 3.24. The van der Waals surface area contributed by atoms with Crippen LogP contribution in [0.5, 0.6) is 0 Å². The van der Waals surface area contributed by atoms with Crippen LogP contribution < -0.4 is 5.73 Å². The minimum atomic E-state index is -0.509. The van der Waals surface area contributed by atoms with E-state index in [0.717, 1.165) is 30.6 Å². The number of rotatable bonds is 3. The summed E-state index contributed by atoms with van der Waals surface area (Å²) in [5.74, 6) is -0.323. The lowest BCUT2D eigenvalue weighted by Gasteiger charge is -2.34. The first-order valence-corrected chi connectivity index (χ1v) is 8.88. The van der Waals surface area contributed by atoms with Crippen molar-refractivity contribution in [1.82, 2.24) is 9.80 Å². The van der Waals surface area contributed by atoms with Crippen LogP contribution in [0.15, 0.2) is 12.1 Å². The molecule has 2 saturated heterocycles. The SMILES string of the molecule is NC1CCN(C(=O)C2CCCN2C(=O)c2ccc([N+](=O)[O-])s2)CC1. The molecule has 24 heavy (non-hydrogen) atoms. The number of amides is 2. The summed E-state index contributed by atoms with van der Waals surface area (Å²) in [5, 5.41) is 10.7. The maximum Gasteiger partial charge on any atom is 0.324 e. The van der Waals surface area contributed by atoms with Crippen LogP contribution in [0.25, 0.3) is 0 Å². The summed E-state index contributed by atoms with van der Waals surface area (Å²) >= 11 is 0.854. The molecule has 8 nitrogen and oxygen atoms in total. The molecule has 3 rings (SSSR count). The van der Waals surface area contributed by atoms with Gasteiger partial charge in [0.25, 0.3) is 5.91 Å². The highest BCUT2D eigenvalue weighted by Gasteiger charge is 2.38. The normalized spacial score (nSPS) is 22.0. The van der Waals surface area contributed by atoms with E-state index in [9.17, 15) is 19.7 Å². The summed E-state index contributed by atoms with van der Waals surface area (Å²) in [5.41, 5.74) is 5.87. The molecule has 1 atom stereocenters. The molecule has 1 unspecified atom stereocenters. The van der Waals surface area contributed by atoms with Gasteiger partial charge >= 0.3 is 5.00 Å². The second kappa shape index (κ2) is 6.86. The average molecular weight is 352 g/mol. The number of thiophene rings is 1. The quantitative estimate of drug-likeness (QED) is 0.649. The summed E-state index contributed by atoms with van der Waals surface area (Å²) in [6, 6.07) is 2.47. The minimum Gasteiger partial charge on any atom is -0.341 e. The smallest absolute Gasteiger partial charge is 0.324 e. The zero-order valence-electron chi connectivity index (χ0n) is 13.2. The zero-order valence-corrected chi connectivity index (χ0v) is 14.0. The molecule has 1 aromatic heterocycles. The van der Waals surface area contributed by atoms with Crippen LogP contribution in [-0.4, -0.2) is 58.3 Å². The summed E-state index contributed by atoms with van der Waals surface area (Å²) in [6.07, 6.45) is 2.97. The van der Waals surface area contributed by atoms with E-state index in [-0.39, 0.29) is 22.9 Å². The molecule has 130 valence electrons. The number of carbonyl (C=O) groups excluding carboxylic acids is 2. The van der Waals surface area contributed by atoms with Gasteiger partial charge in [-0.05, 0) is 31.7 Å². The van der Waals surface area contributed by atoms with E-state index in [1.807, 2.05) is 0 Å². The monoisotopic (exact) mass is 352 g/mol. The van der Waals surface area contributed by atoms with Crippen molar-refractivity contribution < 1.29 is 14.5 Å². The van der Waals surface area contributed by atoms with E-state index in [1.54, 1.807) is 9.80 Å². The Morgan fingerprint density at radius 3 is 2.54 bits per heavy atom. The Bertz CT molecular complexity index is 654. The van der Waals surface area contributed by atoms with Crippen molar-refractivity contribution in [2.24, 2.45) is 5.73 Å². The van der Waals surface area contributed by atoms with Crippen LogP contribution in [0.3, 0.4) is 0 Å². The van der Waals surface area contributed by atoms with Gasteiger partial charge in [0, 0.05) is 31.7 Å². The standard InChI is InChI=1S/C15H20N4O4S/c16-10-5-8-17(9-6-10)14(20)11-2-1-7-18(11)15(21)12-3-4-13(24-12)19(22)23/h3-4,10-11H,1-2,5-9,16H2. The summed E-state index contributed by atoms with van der Waals surface area (Å²) in [7, 11) is 0. The Hall–Kier alpha value is -2.00. The number of nitrogens with zero attached hydrogens (tertiary/aromatic N) is 3. The fourth-order valence-corrected chi connectivity index (χ4v) is 4.06. The van der Waals surface area contributed by atoms with Crippen LogP contribution in [-0.2, 0) is 4.79 Å². The molecule has 2 aliphatic rings. The lowest BCUT2D eigenvalue weighted by molar-refractivity contribution is -0.380. The molecular weight excluding hydrogens is 332 g/mol. The van der Waals surface area contributed by atoms with Gasteiger partial charge in [-0.15, -0.1) is 0 Å². The van der Waals surface area contributed by atoms with Gasteiger partial charge in [-0.1, -0.05) is 11.3 Å². The van der Waals surface area contributed by atoms with Crippen molar-refractivity contribution >= 4 is 28.2 Å². The maximum absolute atomic E-state index is 12.8. The number of piperidine rings is 1. The fraction of sp³-hybridized carbons (Fsp3) is 0.600. The molecule has 0 radical (unpaired) electrons. The summed E-state index contributed by atoms with van der Waals surface area (Å²) in [6.45, 7) is 1.76. The Balaban J connectivity index is 1.71. The molecule has 3 heterocycles. The molecule has 2 N–H and O–H groups in total. The maximum atomic E-state index is 12.8. The molecule has 1 aromatic rings. The molecule has 2 amide bonds. The Morgan fingerprint density at radius 2 is 1.92 bits per heavy atom. The van der Waals surface area contributed by atoms with Gasteiger partial charge in [0.15, 0.2) is 0 Å². The van der Waals surface area contributed by atoms with Crippen molar-refractivity contribution in [2.45, 2.75) is 37.8 Å². The van der Waals surface area contributed by atoms with E-state index < -0.39 is 11.0 Å². The molecule has 0 bridgehead atoms. The van der Waals surface area contributed by atoms with Crippen LogP contribution in [0, 0.1) is 10.1 Å². The highest BCUT2D eigenvalue weighted by atomic mass is 32.1. The first-order chi connectivity index (χ1) is 11.5. The third-order valence-corrected chi connectivity index (χ3v) is 5.66. The Labute approximate surface area is 143 Å². The van der Waals surface area contributed by atoms with Crippen LogP contribution in [0.4, 0.5) is 5.00 Å². The highest BCUT2D eigenvalue weighted by molar-refractivity contribution is 7.17. The van der Waals surface area contributed by atoms with Crippen LogP contribution in [0.1, 0.15) is 35.4 Å². The van der Waals surface area contributed by atoms with Gasteiger partial charge in [0.05, 0.1) is 9.80 Å². The first-order valence-electron chi connectivity index (χ1n) is 8.07. The number of hydrogen-bond acceptors (Lipinski definition) is 6. The van der Waals surface area contributed by atoms with E-state index in [1.165, 1.54) is 12.1 Å². The lowest BCUT2D eigenvalue weighted by Crippen LogP contribution is -2.51. The fourth-order valence-electron chi connectivity index (χ4n) is 3.28. The predicted molar refractivity (Wildman–Crippen MR) is 88.8 cm³/mol. The highest BCUT2D eigenvalue weighted by Crippen LogP contribution is 2.29. The predicted octanol–water partition coefficient (Wildman–Crippen LogP) is 1.21. The second-order valence-electron chi connectivity index (χ2n) is 6.21. The Morgan fingerprint density at radius 1 is 1.21 bits per heavy atom. The van der Waals surface area contributed by atoms with Gasteiger partial charge in [-0.3, -0.25) is 19.7 Å². The van der Waals surface area contributed by atoms with Crippen molar-refractivity contribution in [1.29, 1.82) is 0 Å². The minimum absolute atomic E-state index is 0.0289. The second-order valence-corrected chi connectivity index (χ2v) is 7.28. The first kappa shape index (κ1) is 16.8. The van der Waals surface area contributed by atoms with Gasteiger partial charge < -0.3 is 15.5 Å². The molecule has 2 aliphatic heterocycles. The van der Waals surface area contributed by atoms with Crippen LogP contribution >= 0.6 is 11.3 Å². The van der Waals surface area contributed by atoms with Gasteiger partial charge in [-0.2, -0.15) is 0 Å². The van der Waals surface area contributed by atoms with E-state index >= 15 is 0 Å². The van der Waals surface area contributed by atoms with Gasteiger partial charge in [-0.25, -0.2) is 0 Å². The van der Waals surface area contributed by atoms with E-state index in [2.05, 4.69) is 0 Å². The van der Waals surface area contributed by atoms with Crippen molar-refractivity contribution in [3.8, 4) is 0 Å². The molecule has 0 aliphatic carbocycles. The van der Waals surface area contributed by atoms with E-state index in [0.29, 0.717) is 30.9 Å². The lowest BCUT2D eigenvalue weighted by atomic mass is 10.0. The third-order valence-electron chi connectivity index (χ3n) is 4.63. The van der Waals surface area contributed by atoms with E-state index in [4.69, 9.17) is 5.73 Å². The third kappa shape index (κ3) is 3.27. The number of carbonyl (C=O) groups is 2. The van der Waals surface area contributed by atoms with Crippen molar-refractivity contribution in [2.75, 3.05) is 19.6 Å². The number of likely N-dealkylation sites (tertiary alicyclic amines) is 2. The summed E-state index contributed by atoms with van der Waals surface area (Å²) in [4.78, 5) is 39.3. The molecular formula is C15H20N4O4S. The Kier molecular flexibility index (Phi) is 4.81. The number of nitro groups is 1. The van der Waals surface area contributed by atoms with Crippen molar-refractivity contribution in [3.63, 3.8) is 0 Å². The van der Waals surface area contributed by atoms with Crippen LogP contribution in [0.2, 0.25) is 0 Å². The molecule has 0 saturated carbocycles. The number of nitrogens with two attached hydrogens (primary N) is 1. The topological polar surface area (TPSA) is 110 Å². The van der Waals surface area contributed by atoms with Crippen molar-refractivity contribution in [3.05, 3.63) is 27.1 Å². The zero-order chi connectivity index (χ0) is 17.3. The molecule has 9 heteroatoms.